The van der Waals surface area contributed by atoms with Gasteiger partial charge in [-0.2, -0.15) is 0 Å². The highest BCUT2D eigenvalue weighted by Crippen LogP contribution is 2.46. The van der Waals surface area contributed by atoms with E-state index in [-0.39, 0.29) is 13.2 Å². The standard InChI is InChI=1S/C38H45ClN2O10/c1-22(42)50-21-37(2,3)20-41-28-15-14-24(39)18-26(28)33(25-11-10-12-30(47-7)34(25)48-8)51-31(35(41)44)19-32(43)40-27-17-23(13-16-29(27)46-6)38(4,5)36(45)49-9/h10-18,31,33H,19-21H2,1-9H3,(H,40,43)/t31-,33-/m1/s1. The molecule has 12 nitrogen and oxygen atoms in total. The van der Waals surface area contributed by atoms with Gasteiger partial charge in [0, 0.05) is 40.7 Å². The summed E-state index contributed by atoms with van der Waals surface area (Å²) in [4.78, 5) is 54.3. The minimum atomic E-state index is -1.32. The Kier molecular flexibility index (Phi) is 12.3. The number of hydrogen-bond donors (Lipinski definition) is 1. The molecule has 0 aromatic heterocycles. The van der Waals surface area contributed by atoms with E-state index in [0.717, 1.165) is 0 Å². The van der Waals surface area contributed by atoms with Crippen LogP contribution in [0.15, 0.2) is 54.6 Å². The lowest BCUT2D eigenvalue weighted by molar-refractivity contribution is -0.146. The maximum Gasteiger partial charge on any atom is 0.315 e. The molecule has 0 saturated carbocycles. The zero-order valence-corrected chi connectivity index (χ0v) is 31.1. The van der Waals surface area contributed by atoms with Gasteiger partial charge < -0.3 is 38.6 Å². The van der Waals surface area contributed by atoms with Crippen molar-refractivity contribution in [1.29, 1.82) is 0 Å². The van der Waals surface area contributed by atoms with Crippen molar-refractivity contribution in [1.82, 2.24) is 0 Å². The van der Waals surface area contributed by atoms with Gasteiger partial charge in [-0.1, -0.05) is 43.6 Å². The summed E-state index contributed by atoms with van der Waals surface area (Å²) in [5, 5.41) is 3.25. The quantitative estimate of drug-likeness (QED) is 0.201. The highest BCUT2D eigenvalue weighted by atomic mass is 35.5. The van der Waals surface area contributed by atoms with Gasteiger partial charge in [-0.05, 0) is 55.8 Å². The summed E-state index contributed by atoms with van der Waals surface area (Å²) in [6, 6.07) is 15.4. The average Bonchev–Trinajstić information content (AvgIpc) is 3.20. The molecular weight excluding hydrogens is 680 g/mol. The van der Waals surface area contributed by atoms with E-state index in [1.54, 1.807) is 73.3 Å². The SMILES string of the molecule is COC(=O)C(C)(C)c1ccc(OC)c(NC(=O)C[C@H]2O[C@H](c3cccc(OC)c3OC)c3cc(Cl)ccc3N(CC(C)(C)COC(C)=O)C2=O)c1. The van der Waals surface area contributed by atoms with Crippen molar-refractivity contribution in [2.75, 3.05) is 51.8 Å². The molecule has 4 rings (SSSR count). The largest absolute Gasteiger partial charge is 0.495 e. The molecule has 3 aromatic rings. The van der Waals surface area contributed by atoms with Crippen LogP contribution in [0.25, 0.3) is 0 Å². The maximum atomic E-state index is 14.6. The summed E-state index contributed by atoms with van der Waals surface area (Å²) in [5.41, 5.74) is 0.712. The molecule has 0 unspecified atom stereocenters. The number of esters is 2. The Hall–Kier alpha value is -4.81. The summed E-state index contributed by atoms with van der Waals surface area (Å²) in [7, 11) is 5.78. The van der Waals surface area contributed by atoms with Crippen molar-refractivity contribution >= 4 is 46.7 Å². The van der Waals surface area contributed by atoms with Gasteiger partial charge in [0.1, 0.15) is 18.0 Å². The normalized spacial score (nSPS) is 16.0. The number of amides is 2. The lowest BCUT2D eigenvalue weighted by Gasteiger charge is -2.33. The summed E-state index contributed by atoms with van der Waals surface area (Å²) >= 11 is 6.55. The third-order valence-electron chi connectivity index (χ3n) is 8.63. The van der Waals surface area contributed by atoms with Gasteiger partial charge in [-0.3, -0.25) is 19.2 Å². The number of methoxy groups -OCH3 is 4. The highest BCUT2D eigenvalue weighted by Gasteiger charge is 2.41. The predicted molar refractivity (Wildman–Crippen MR) is 192 cm³/mol. The zero-order valence-electron chi connectivity index (χ0n) is 30.4. The van der Waals surface area contributed by atoms with Crippen LogP contribution in [-0.2, 0) is 38.8 Å². The van der Waals surface area contributed by atoms with E-state index < -0.39 is 53.2 Å². The van der Waals surface area contributed by atoms with Gasteiger partial charge in [0.05, 0.1) is 52.6 Å². The number of carbonyl (C=O) groups is 4. The number of fused-ring (bicyclic) bond motifs is 1. The zero-order chi connectivity index (χ0) is 37.7. The Balaban J connectivity index is 1.81. The molecular formula is C38H45ClN2O10. The number of halogens is 1. The number of rotatable bonds is 13. The molecule has 1 aliphatic heterocycles. The first-order valence-electron chi connectivity index (χ1n) is 16.2. The van der Waals surface area contributed by atoms with Crippen LogP contribution >= 0.6 is 11.6 Å². The van der Waals surface area contributed by atoms with Crippen LogP contribution in [-0.4, -0.2) is 71.4 Å². The van der Waals surface area contributed by atoms with Crippen LogP contribution in [0.5, 0.6) is 17.2 Å². The van der Waals surface area contributed by atoms with Crippen LogP contribution in [0.2, 0.25) is 5.02 Å². The number of carbonyl (C=O) groups excluding carboxylic acids is 4. The Labute approximate surface area is 303 Å². The second-order valence-electron chi connectivity index (χ2n) is 13.4. The van der Waals surface area contributed by atoms with E-state index in [1.807, 2.05) is 13.8 Å². The van der Waals surface area contributed by atoms with Crippen LogP contribution in [0.1, 0.15) is 63.8 Å². The molecule has 1 heterocycles. The number of nitrogens with zero attached hydrogens (tertiary/aromatic N) is 1. The number of anilines is 2. The van der Waals surface area contributed by atoms with Crippen molar-refractivity contribution in [2.24, 2.45) is 5.41 Å². The minimum absolute atomic E-state index is 0.0340. The molecule has 13 heteroatoms. The average molecular weight is 725 g/mol. The number of para-hydroxylation sites is 1. The molecule has 0 radical (unpaired) electrons. The van der Waals surface area contributed by atoms with Crippen molar-refractivity contribution in [3.05, 3.63) is 76.3 Å². The fraction of sp³-hybridized carbons (Fsp3) is 0.421. The van der Waals surface area contributed by atoms with Gasteiger partial charge in [-0.25, -0.2) is 0 Å². The number of benzene rings is 3. The molecule has 1 aliphatic rings. The fourth-order valence-electron chi connectivity index (χ4n) is 5.94. The Morgan fingerprint density at radius 2 is 1.61 bits per heavy atom. The summed E-state index contributed by atoms with van der Waals surface area (Å²) in [6.45, 7) is 8.60. The van der Waals surface area contributed by atoms with Crippen LogP contribution in [0.4, 0.5) is 11.4 Å². The first-order chi connectivity index (χ1) is 24.1. The van der Waals surface area contributed by atoms with E-state index in [4.69, 9.17) is 40.0 Å². The second kappa shape index (κ2) is 16.0. The third kappa shape index (κ3) is 8.74. The smallest absolute Gasteiger partial charge is 0.315 e. The second-order valence-corrected chi connectivity index (χ2v) is 13.9. The molecule has 0 spiro atoms. The molecule has 2 amide bonds. The lowest BCUT2D eigenvalue weighted by atomic mass is 9.84. The van der Waals surface area contributed by atoms with E-state index in [1.165, 1.54) is 35.4 Å². The van der Waals surface area contributed by atoms with E-state index in [2.05, 4.69) is 5.32 Å². The summed E-state index contributed by atoms with van der Waals surface area (Å²) < 4.78 is 33.8. The lowest BCUT2D eigenvalue weighted by Crippen LogP contribution is -2.46. The van der Waals surface area contributed by atoms with Crippen LogP contribution in [0, 0.1) is 5.41 Å². The molecule has 51 heavy (non-hydrogen) atoms. The topological polar surface area (TPSA) is 139 Å². The number of nitrogens with one attached hydrogen (secondary N) is 1. The van der Waals surface area contributed by atoms with Crippen LogP contribution in [0.3, 0.4) is 0 Å². The third-order valence-corrected chi connectivity index (χ3v) is 8.87. The van der Waals surface area contributed by atoms with Crippen molar-refractivity contribution < 1.29 is 47.6 Å². The first kappa shape index (κ1) is 39.0. The van der Waals surface area contributed by atoms with E-state index in [9.17, 15) is 19.2 Å². The van der Waals surface area contributed by atoms with Crippen molar-refractivity contribution in [3.8, 4) is 17.2 Å². The van der Waals surface area contributed by atoms with Gasteiger partial charge in [0.15, 0.2) is 11.5 Å². The fourth-order valence-corrected chi connectivity index (χ4v) is 6.12. The predicted octanol–water partition coefficient (Wildman–Crippen LogP) is 6.26. The molecule has 0 aliphatic carbocycles. The number of ether oxygens (including phenoxy) is 6. The minimum Gasteiger partial charge on any atom is -0.495 e. The summed E-state index contributed by atoms with van der Waals surface area (Å²) in [6.07, 6.45) is -2.66. The molecule has 2 atom stereocenters. The molecule has 1 N–H and O–H groups in total. The molecule has 0 bridgehead atoms. The van der Waals surface area contributed by atoms with Gasteiger partial charge in [0.25, 0.3) is 5.91 Å². The van der Waals surface area contributed by atoms with Crippen molar-refractivity contribution in [3.63, 3.8) is 0 Å². The summed E-state index contributed by atoms with van der Waals surface area (Å²) in [5.74, 6) is -0.803. The van der Waals surface area contributed by atoms with E-state index >= 15 is 0 Å². The first-order valence-corrected chi connectivity index (χ1v) is 16.6. The Morgan fingerprint density at radius 1 is 0.902 bits per heavy atom. The maximum absolute atomic E-state index is 14.6. The van der Waals surface area contributed by atoms with E-state index in [0.29, 0.717) is 50.3 Å². The van der Waals surface area contributed by atoms with Gasteiger partial charge >= 0.3 is 11.9 Å². The van der Waals surface area contributed by atoms with Crippen LogP contribution < -0.4 is 24.4 Å². The Bertz CT molecular complexity index is 1790. The Morgan fingerprint density at radius 3 is 2.24 bits per heavy atom. The highest BCUT2D eigenvalue weighted by molar-refractivity contribution is 6.30. The van der Waals surface area contributed by atoms with Crippen molar-refractivity contribution in [2.45, 2.75) is 58.7 Å². The monoisotopic (exact) mass is 724 g/mol. The molecule has 0 fully saturated rings. The number of hydrogen-bond acceptors (Lipinski definition) is 10. The van der Waals surface area contributed by atoms with Gasteiger partial charge in [-0.15, -0.1) is 0 Å². The molecule has 274 valence electrons. The van der Waals surface area contributed by atoms with Gasteiger partial charge in [0.2, 0.25) is 5.91 Å². The molecule has 3 aromatic carbocycles. The molecule has 0 saturated heterocycles.